The number of imidazole rings is 1. The summed E-state index contributed by atoms with van der Waals surface area (Å²) < 4.78 is 7.18. The number of carbonyl (C=O) groups is 1. The van der Waals surface area contributed by atoms with Gasteiger partial charge in [0.25, 0.3) is 0 Å². The second kappa shape index (κ2) is 6.16. The summed E-state index contributed by atoms with van der Waals surface area (Å²) in [4.78, 5) is 29.0. The number of rotatable bonds is 1. The first kappa shape index (κ1) is 16.9. The van der Waals surface area contributed by atoms with Crippen molar-refractivity contribution >= 4 is 28.7 Å². The summed E-state index contributed by atoms with van der Waals surface area (Å²) in [6.07, 6.45) is 1.14. The van der Waals surface area contributed by atoms with Crippen LogP contribution in [-0.2, 0) is 4.74 Å². The Morgan fingerprint density at radius 2 is 1.96 bits per heavy atom. The Bertz CT molecular complexity index is 811. The number of halogens is 1. The standard InChI is InChI=1S/C17H22ClN3O3/c1-17(2,3)24-16(23)20-8-6-12(7-9-20)21-14-5-4-11(18)10-13(14)19-15(21)22/h4-5,10,12H,6-9H2,1-3H3,(H,19,22). The normalized spacial score (nSPS) is 16.6. The lowest BCUT2D eigenvalue weighted by Crippen LogP contribution is -2.43. The summed E-state index contributed by atoms with van der Waals surface area (Å²) in [6.45, 7) is 6.72. The van der Waals surface area contributed by atoms with Gasteiger partial charge in [0, 0.05) is 24.2 Å². The van der Waals surface area contributed by atoms with Crippen LogP contribution in [-0.4, -0.2) is 39.2 Å². The van der Waals surface area contributed by atoms with Gasteiger partial charge < -0.3 is 14.6 Å². The molecule has 0 unspecified atom stereocenters. The predicted molar refractivity (Wildman–Crippen MR) is 93.6 cm³/mol. The molecular weight excluding hydrogens is 330 g/mol. The number of aromatic amines is 1. The SMILES string of the molecule is CC(C)(C)OC(=O)N1CCC(n2c(=O)[nH]c3cc(Cl)ccc32)CC1. The fourth-order valence-corrected chi connectivity index (χ4v) is 3.27. The lowest BCUT2D eigenvalue weighted by atomic mass is 10.0. The molecule has 1 amide bonds. The van der Waals surface area contributed by atoms with Gasteiger partial charge in [-0.15, -0.1) is 0 Å². The van der Waals surface area contributed by atoms with E-state index in [0.717, 1.165) is 11.0 Å². The Labute approximate surface area is 145 Å². The van der Waals surface area contributed by atoms with Crippen LogP contribution in [0.25, 0.3) is 11.0 Å². The molecule has 0 radical (unpaired) electrons. The van der Waals surface area contributed by atoms with Gasteiger partial charge in [-0.3, -0.25) is 4.57 Å². The minimum atomic E-state index is -0.499. The smallest absolute Gasteiger partial charge is 0.410 e. The monoisotopic (exact) mass is 351 g/mol. The van der Waals surface area contributed by atoms with Crippen molar-refractivity contribution in [1.82, 2.24) is 14.5 Å². The van der Waals surface area contributed by atoms with Crippen LogP contribution < -0.4 is 5.69 Å². The lowest BCUT2D eigenvalue weighted by molar-refractivity contribution is 0.0189. The molecule has 1 N–H and O–H groups in total. The van der Waals surface area contributed by atoms with E-state index in [0.29, 0.717) is 31.0 Å². The zero-order valence-electron chi connectivity index (χ0n) is 14.1. The Balaban J connectivity index is 1.75. The summed E-state index contributed by atoms with van der Waals surface area (Å²) in [5, 5.41) is 0.593. The number of carbonyl (C=O) groups excluding carboxylic acids is 1. The summed E-state index contributed by atoms with van der Waals surface area (Å²) in [5.74, 6) is 0. The van der Waals surface area contributed by atoms with E-state index < -0.39 is 5.60 Å². The van der Waals surface area contributed by atoms with Crippen LogP contribution in [0.1, 0.15) is 39.7 Å². The second-order valence-corrected chi connectivity index (χ2v) is 7.60. The lowest BCUT2D eigenvalue weighted by Gasteiger charge is -2.33. The zero-order chi connectivity index (χ0) is 17.5. The van der Waals surface area contributed by atoms with Crippen molar-refractivity contribution in [2.75, 3.05) is 13.1 Å². The topological polar surface area (TPSA) is 67.3 Å². The van der Waals surface area contributed by atoms with Gasteiger partial charge in [0.05, 0.1) is 11.0 Å². The third-order valence-electron chi connectivity index (χ3n) is 4.16. The molecule has 1 saturated heterocycles. The number of hydrogen-bond acceptors (Lipinski definition) is 3. The summed E-state index contributed by atoms with van der Waals surface area (Å²) >= 11 is 5.98. The molecule has 1 aliphatic rings. The van der Waals surface area contributed by atoms with Crippen LogP contribution in [0.4, 0.5) is 4.79 Å². The van der Waals surface area contributed by atoms with Crippen LogP contribution in [0.5, 0.6) is 0 Å². The fraction of sp³-hybridized carbons (Fsp3) is 0.529. The zero-order valence-corrected chi connectivity index (χ0v) is 14.9. The number of H-pyrrole nitrogens is 1. The van der Waals surface area contributed by atoms with Crippen molar-refractivity contribution in [3.05, 3.63) is 33.7 Å². The molecule has 1 aromatic heterocycles. The van der Waals surface area contributed by atoms with Crippen LogP contribution in [0.3, 0.4) is 0 Å². The number of ether oxygens (including phenoxy) is 1. The average Bonchev–Trinajstić information content (AvgIpc) is 2.80. The molecule has 7 heteroatoms. The number of amides is 1. The van der Waals surface area contributed by atoms with Gasteiger partial charge >= 0.3 is 11.8 Å². The Kier molecular flexibility index (Phi) is 4.34. The van der Waals surface area contributed by atoms with Crippen LogP contribution >= 0.6 is 11.6 Å². The molecular formula is C17H22ClN3O3. The van der Waals surface area contributed by atoms with Crippen molar-refractivity contribution in [3.8, 4) is 0 Å². The van der Waals surface area contributed by atoms with Gasteiger partial charge in [0.1, 0.15) is 5.60 Å². The maximum atomic E-state index is 12.3. The van der Waals surface area contributed by atoms with Gasteiger partial charge in [0.15, 0.2) is 0 Å². The van der Waals surface area contributed by atoms with Gasteiger partial charge in [-0.05, 0) is 51.8 Å². The molecule has 24 heavy (non-hydrogen) atoms. The average molecular weight is 352 g/mol. The first-order chi connectivity index (χ1) is 11.2. The highest BCUT2D eigenvalue weighted by Gasteiger charge is 2.28. The molecule has 130 valence electrons. The number of likely N-dealkylation sites (tertiary alicyclic amines) is 1. The van der Waals surface area contributed by atoms with Crippen LogP contribution in [0.15, 0.2) is 23.0 Å². The number of hydrogen-bond donors (Lipinski definition) is 1. The molecule has 6 nitrogen and oxygen atoms in total. The minimum Gasteiger partial charge on any atom is -0.444 e. The van der Waals surface area contributed by atoms with E-state index in [2.05, 4.69) is 4.98 Å². The minimum absolute atomic E-state index is 0.0612. The summed E-state index contributed by atoms with van der Waals surface area (Å²) in [7, 11) is 0. The molecule has 2 aromatic rings. The maximum Gasteiger partial charge on any atom is 0.410 e. The maximum absolute atomic E-state index is 12.3. The third-order valence-corrected chi connectivity index (χ3v) is 4.39. The van der Waals surface area contributed by atoms with E-state index >= 15 is 0 Å². The van der Waals surface area contributed by atoms with Crippen LogP contribution in [0, 0.1) is 0 Å². The highest BCUT2D eigenvalue weighted by atomic mass is 35.5. The van der Waals surface area contributed by atoms with E-state index in [4.69, 9.17) is 16.3 Å². The molecule has 3 rings (SSSR count). The number of benzene rings is 1. The molecule has 0 saturated carbocycles. The fourth-order valence-electron chi connectivity index (χ4n) is 3.10. The van der Waals surface area contributed by atoms with E-state index in [1.807, 2.05) is 26.8 Å². The second-order valence-electron chi connectivity index (χ2n) is 7.16. The molecule has 1 fully saturated rings. The molecule has 1 aliphatic heterocycles. The van der Waals surface area contributed by atoms with Crippen molar-refractivity contribution in [2.24, 2.45) is 0 Å². The van der Waals surface area contributed by atoms with Crippen LogP contribution in [0.2, 0.25) is 5.02 Å². The molecule has 1 aromatic carbocycles. The highest BCUT2D eigenvalue weighted by Crippen LogP contribution is 2.26. The first-order valence-electron chi connectivity index (χ1n) is 8.12. The number of nitrogens with zero attached hydrogens (tertiary/aromatic N) is 2. The van der Waals surface area contributed by atoms with Crippen molar-refractivity contribution in [2.45, 2.75) is 45.3 Å². The molecule has 0 aliphatic carbocycles. The predicted octanol–water partition coefficient (Wildman–Crippen LogP) is 3.56. The Hall–Kier alpha value is -1.95. The van der Waals surface area contributed by atoms with Gasteiger partial charge in [-0.2, -0.15) is 0 Å². The number of piperidine rings is 1. The van der Waals surface area contributed by atoms with Gasteiger partial charge in [-0.1, -0.05) is 11.6 Å². The van der Waals surface area contributed by atoms with Crippen molar-refractivity contribution in [3.63, 3.8) is 0 Å². The third kappa shape index (κ3) is 3.43. The summed E-state index contributed by atoms with van der Waals surface area (Å²) in [5.41, 5.74) is 0.950. The molecule has 2 heterocycles. The molecule has 0 atom stereocenters. The number of nitrogens with one attached hydrogen (secondary N) is 1. The molecule has 0 spiro atoms. The van der Waals surface area contributed by atoms with Gasteiger partial charge in [0.2, 0.25) is 0 Å². The van der Waals surface area contributed by atoms with Gasteiger partial charge in [-0.25, -0.2) is 9.59 Å². The van der Waals surface area contributed by atoms with E-state index in [1.165, 1.54) is 0 Å². The molecule has 0 bridgehead atoms. The van der Waals surface area contributed by atoms with E-state index in [-0.39, 0.29) is 17.8 Å². The van der Waals surface area contributed by atoms with E-state index in [1.54, 1.807) is 21.6 Å². The number of aromatic nitrogens is 2. The van der Waals surface area contributed by atoms with Crippen molar-refractivity contribution < 1.29 is 9.53 Å². The largest absolute Gasteiger partial charge is 0.444 e. The highest BCUT2D eigenvalue weighted by molar-refractivity contribution is 6.31. The number of fused-ring (bicyclic) bond motifs is 1. The van der Waals surface area contributed by atoms with Crippen molar-refractivity contribution in [1.29, 1.82) is 0 Å². The Morgan fingerprint density at radius 1 is 1.29 bits per heavy atom. The van der Waals surface area contributed by atoms with E-state index in [9.17, 15) is 9.59 Å². The first-order valence-corrected chi connectivity index (χ1v) is 8.50. The quantitative estimate of drug-likeness (QED) is 0.854. The Morgan fingerprint density at radius 3 is 2.58 bits per heavy atom. The summed E-state index contributed by atoms with van der Waals surface area (Å²) in [6, 6.07) is 5.45.